The normalized spacial score (nSPS) is 11.5. The van der Waals surface area contributed by atoms with Crippen LogP contribution in [0, 0.1) is 5.92 Å². The molecule has 0 amide bonds. The maximum atomic E-state index is 11.1. The topological polar surface area (TPSA) is 57.0 Å². The van der Waals surface area contributed by atoms with Crippen molar-refractivity contribution in [3.05, 3.63) is 36.3 Å². The van der Waals surface area contributed by atoms with Gasteiger partial charge in [0.05, 0.1) is 17.2 Å². The van der Waals surface area contributed by atoms with Crippen LogP contribution in [0.2, 0.25) is 0 Å². The van der Waals surface area contributed by atoms with Crippen LogP contribution < -0.4 is 0 Å². The molecule has 5 nitrogen and oxygen atoms in total. The molecule has 0 bridgehead atoms. The van der Waals surface area contributed by atoms with Gasteiger partial charge in [-0.15, -0.1) is 0 Å². The van der Waals surface area contributed by atoms with Gasteiger partial charge in [-0.1, -0.05) is 32.0 Å². The molecular weight excluding hydrogens is 278 g/mol. The molecule has 0 saturated carbocycles. The van der Waals surface area contributed by atoms with E-state index in [-0.39, 0.29) is 12.6 Å². The number of para-hydroxylation sites is 1. The molecule has 3 rings (SSSR count). The zero-order valence-electron chi connectivity index (χ0n) is 13.0. The Morgan fingerprint density at radius 3 is 2.77 bits per heavy atom. The van der Waals surface area contributed by atoms with Crippen LogP contribution in [0.1, 0.15) is 26.6 Å². The van der Waals surface area contributed by atoms with Gasteiger partial charge in [0, 0.05) is 18.9 Å². The first kappa shape index (κ1) is 14.5. The van der Waals surface area contributed by atoms with Gasteiger partial charge >= 0.3 is 5.97 Å². The first-order valence-electron chi connectivity index (χ1n) is 7.42. The molecular formula is C17H19N3O2. The molecule has 0 fully saturated rings. The number of imidazole rings is 1. The number of aromatic nitrogens is 3. The van der Waals surface area contributed by atoms with E-state index < -0.39 is 0 Å². The van der Waals surface area contributed by atoms with Crippen LogP contribution in [0.25, 0.3) is 21.9 Å². The fraction of sp³-hybridized carbons (Fsp3) is 0.353. The molecule has 0 N–H and O–H groups in total. The lowest BCUT2D eigenvalue weighted by atomic mass is 10.1. The maximum absolute atomic E-state index is 11.1. The predicted octanol–water partition coefficient (Wildman–Crippen LogP) is 3.30. The number of ether oxygens (including phenoxy) is 1. The van der Waals surface area contributed by atoms with Gasteiger partial charge < -0.3 is 9.30 Å². The van der Waals surface area contributed by atoms with Gasteiger partial charge in [-0.25, -0.2) is 4.98 Å². The van der Waals surface area contributed by atoms with Crippen molar-refractivity contribution in [3.8, 4) is 0 Å². The average molecular weight is 297 g/mol. The highest BCUT2D eigenvalue weighted by Gasteiger charge is 2.15. The monoisotopic (exact) mass is 297 g/mol. The van der Waals surface area contributed by atoms with Crippen LogP contribution in [0.15, 0.2) is 30.5 Å². The summed E-state index contributed by atoms with van der Waals surface area (Å²) in [6.45, 7) is 6.73. The van der Waals surface area contributed by atoms with Crippen molar-refractivity contribution in [3.63, 3.8) is 0 Å². The molecule has 5 heteroatoms. The second kappa shape index (κ2) is 5.75. The molecule has 114 valence electrons. The summed E-state index contributed by atoms with van der Waals surface area (Å²) in [7, 11) is 0. The van der Waals surface area contributed by atoms with Gasteiger partial charge in [0.15, 0.2) is 0 Å². The highest BCUT2D eigenvalue weighted by Crippen LogP contribution is 2.25. The number of esters is 1. The highest BCUT2D eigenvalue weighted by molar-refractivity contribution is 6.02. The first-order chi connectivity index (χ1) is 10.6. The van der Waals surface area contributed by atoms with Gasteiger partial charge in [0.25, 0.3) is 0 Å². The molecule has 2 heterocycles. The second-order valence-corrected chi connectivity index (χ2v) is 5.82. The Kier molecular flexibility index (Phi) is 3.79. The minimum atomic E-state index is -0.300. The summed E-state index contributed by atoms with van der Waals surface area (Å²) in [4.78, 5) is 20.2. The van der Waals surface area contributed by atoms with Crippen LogP contribution >= 0.6 is 0 Å². The van der Waals surface area contributed by atoms with Crippen LogP contribution in [0.5, 0.6) is 0 Å². The second-order valence-electron chi connectivity index (χ2n) is 5.82. The first-order valence-corrected chi connectivity index (χ1v) is 7.42. The summed E-state index contributed by atoms with van der Waals surface area (Å²) in [6.07, 6.45) is 1.78. The molecule has 0 atom stereocenters. The van der Waals surface area contributed by atoms with E-state index in [9.17, 15) is 4.79 Å². The molecule has 0 aliphatic carbocycles. The molecule has 3 aromatic rings. The van der Waals surface area contributed by atoms with Crippen LogP contribution in [-0.4, -0.2) is 20.5 Å². The van der Waals surface area contributed by atoms with Gasteiger partial charge in [-0.05, 0) is 12.0 Å². The minimum Gasteiger partial charge on any atom is -0.458 e. The lowest BCUT2D eigenvalue weighted by Gasteiger charge is -2.12. The number of carbonyl (C=O) groups excluding carboxylic acids is 1. The van der Waals surface area contributed by atoms with Crippen molar-refractivity contribution in [2.75, 3.05) is 0 Å². The van der Waals surface area contributed by atoms with Crippen LogP contribution in [0.3, 0.4) is 0 Å². The van der Waals surface area contributed by atoms with Crippen molar-refractivity contribution in [2.24, 2.45) is 5.92 Å². The van der Waals surface area contributed by atoms with E-state index in [0.717, 1.165) is 34.3 Å². The van der Waals surface area contributed by atoms with E-state index in [0.29, 0.717) is 5.92 Å². The van der Waals surface area contributed by atoms with E-state index >= 15 is 0 Å². The smallest absolute Gasteiger partial charge is 0.303 e. The standard InChI is InChI=1S/C17H19N3O2/c1-11(2)9-20-16(10-22-12(3)21)19-15-8-18-14-7-5-4-6-13(14)17(15)20/h4-8,11H,9-10H2,1-3H3. The molecule has 0 saturated heterocycles. The van der Waals surface area contributed by atoms with E-state index in [2.05, 4.69) is 34.4 Å². The van der Waals surface area contributed by atoms with E-state index in [1.54, 1.807) is 6.20 Å². The molecule has 0 radical (unpaired) electrons. The van der Waals surface area contributed by atoms with E-state index in [1.165, 1.54) is 6.92 Å². The molecule has 22 heavy (non-hydrogen) atoms. The molecule has 0 aliphatic heterocycles. The zero-order chi connectivity index (χ0) is 15.7. The Hall–Kier alpha value is -2.43. The van der Waals surface area contributed by atoms with Gasteiger partial charge in [0.2, 0.25) is 0 Å². The Balaban J connectivity index is 2.22. The van der Waals surface area contributed by atoms with Crippen LogP contribution in [-0.2, 0) is 22.7 Å². The van der Waals surface area contributed by atoms with Crippen molar-refractivity contribution >= 4 is 27.9 Å². The van der Waals surface area contributed by atoms with Crippen molar-refractivity contribution < 1.29 is 9.53 Å². The lowest BCUT2D eigenvalue weighted by molar-refractivity contribution is -0.142. The number of fused-ring (bicyclic) bond motifs is 3. The zero-order valence-corrected chi connectivity index (χ0v) is 13.0. The molecule has 0 spiro atoms. The molecule has 1 aromatic carbocycles. The van der Waals surface area contributed by atoms with Crippen molar-refractivity contribution in [1.29, 1.82) is 0 Å². The Bertz CT molecular complexity index is 836. The van der Waals surface area contributed by atoms with Gasteiger partial charge in [-0.2, -0.15) is 0 Å². The Labute approximate surface area is 128 Å². The summed E-state index contributed by atoms with van der Waals surface area (Å²) in [5, 5.41) is 1.07. The van der Waals surface area contributed by atoms with Gasteiger partial charge in [0.1, 0.15) is 17.9 Å². The number of nitrogens with zero attached hydrogens (tertiary/aromatic N) is 3. The number of benzene rings is 1. The summed E-state index contributed by atoms with van der Waals surface area (Å²) in [6, 6.07) is 8.03. The summed E-state index contributed by atoms with van der Waals surface area (Å²) < 4.78 is 7.29. The number of hydrogen-bond donors (Lipinski definition) is 0. The van der Waals surface area contributed by atoms with Gasteiger partial charge in [-0.3, -0.25) is 9.78 Å². The number of carbonyl (C=O) groups is 1. The fourth-order valence-electron chi connectivity index (χ4n) is 2.65. The van der Waals surface area contributed by atoms with Crippen molar-refractivity contribution in [1.82, 2.24) is 14.5 Å². The molecule has 2 aromatic heterocycles. The third-order valence-electron chi connectivity index (χ3n) is 3.51. The molecule has 0 aliphatic rings. The van der Waals surface area contributed by atoms with Crippen LogP contribution in [0.4, 0.5) is 0 Å². The van der Waals surface area contributed by atoms with E-state index in [4.69, 9.17) is 4.74 Å². The third-order valence-corrected chi connectivity index (χ3v) is 3.51. The quantitative estimate of drug-likeness (QED) is 0.693. The number of hydrogen-bond acceptors (Lipinski definition) is 4. The predicted molar refractivity (Wildman–Crippen MR) is 85.3 cm³/mol. The number of pyridine rings is 1. The summed E-state index contributed by atoms with van der Waals surface area (Å²) in [5.41, 5.74) is 2.84. The molecule has 0 unspecified atom stereocenters. The minimum absolute atomic E-state index is 0.186. The Morgan fingerprint density at radius 2 is 2.05 bits per heavy atom. The van der Waals surface area contributed by atoms with E-state index in [1.807, 2.05) is 18.2 Å². The Morgan fingerprint density at radius 1 is 1.27 bits per heavy atom. The average Bonchev–Trinajstić information content (AvgIpc) is 2.83. The summed E-state index contributed by atoms with van der Waals surface area (Å²) in [5.74, 6) is 0.920. The largest absolute Gasteiger partial charge is 0.458 e. The SMILES string of the molecule is CC(=O)OCc1nc2cnc3ccccc3c2n1CC(C)C. The highest BCUT2D eigenvalue weighted by atomic mass is 16.5. The maximum Gasteiger partial charge on any atom is 0.303 e. The fourth-order valence-corrected chi connectivity index (χ4v) is 2.65. The summed E-state index contributed by atoms with van der Waals surface area (Å²) >= 11 is 0. The number of rotatable bonds is 4. The van der Waals surface area contributed by atoms with Crippen molar-refractivity contribution in [2.45, 2.75) is 33.9 Å². The lowest BCUT2D eigenvalue weighted by Crippen LogP contribution is -2.11. The third kappa shape index (κ3) is 2.66.